The molecule has 19 heavy (non-hydrogen) atoms. The molecule has 1 rings (SSSR count). The van der Waals surface area contributed by atoms with Crippen LogP contribution in [-0.4, -0.2) is 54.2 Å². The van der Waals surface area contributed by atoms with E-state index in [2.05, 4.69) is 0 Å². The highest BCUT2D eigenvalue weighted by Gasteiger charge is 2.46. The van der Waals surface area contributed by atoms with Crippen molar-refractivity contribution in [1.82, 2.24) is 0 Å². The quantitative estimate of drug-likeness (QED) is 0.523. The minimum atomic E-state index is -1.46. The van der Waals surface area contributed by atoms with Gasteiger partial charge in [-0.2, -0.15) is 0 Å². The van der Waals surface area contributed by atoms with Crippen LogP contribution in [0.15, 0.2) is 0 Å². The highest BCUT2D eigenvalue weighted by Crippen LogP contribution is 2.23. The molecule has 8 heteroatoms. The van der Waals surface area contributed by atoms with E-state index < -0.39 is 42.5 Å². The third-order valence-electron chi connectivity index (χ3n) is 2.32. The molecule has 1 aliphatic rings. The molecule has 0 aromatic heterocycles. The van der Waals surface area contributed by atoms with E-state index in [1.807, 2.05) is 0 Å². The Hall–Kier alpha value is -1.67. The summed E-state index contributed by atoms with van der Waals surface area (Å²) in [6.07, 6.45) is -4.78. The fourth-order valence-corrected chi connectivity index (χ4v) is 1.72. The van der Waals surface area contributed by atoms with Crippen molar-refractivity contribution >= 4 is 17.9 Å². The first-order valence-corrected chi connectivity index (χ1v) is 5.62. The summed E-state index contributed by atoms with van der Waals surface area (Å²) in [7, 11) is 0. The topological polar surface area (TPSA) is 108 Å². The van der Waals surface area contributed by atoms with Gasteiger partial charge in [0.25, 0.3) is 0 Å². The van der Waals surface area contributed by atoms with Crippen molar-refractivity contribution in [2.75, 3.05) is 6.61 Å². The van der Waals surface area contributed by atoms with Crippen LogP contribution >= 0.6 is 0 Å². The third kappa shape index (κ3) is 4.49. The molecule has 1 fully saturated rings. The largest absolute Gasteiger partial charge is 0.456 e. The van der Waals surface area contributed by atoms with Gasteiger partial charge in [0, 0.05) is 20.8 Å². The van der Waals surface area contributed by atoms with E-state index in [1.54, 1.807) is 0 Å². The normalized spacial score (nSPS) is 30.3. The highest BCUT2D eigenvalue weighted by atomic mass is 16.7. The molecule has 1 unspecified atom stereocenters. The van der Waals surface area contributed by atoms with Gasteiger partial charge in [0.1, 0.15) is 0 Å². The Labute approximate surface area is 109 Å². The predicted octanol–water partition coefficient (Wildman–Crippen LogP) is -0.870. The van der Waals surface area contributed by atoms with Crippen LogP contribution in [0.5, 0.6) is 0 Å². The fraction of sp³-hybridized carbons (Fsp3) is 0.727. The number of carbonyl (C=O) groups is 3. The maximum atomic E-state index is 11.1. The van der Waals surface area contributed by atoms with E-state index in [0.29, 0.717) is 0 Å². The van der Waals surface area contributed by atoms with Gasteiger partial charge in [-0.1, -0.05) is 0 Å². The van der Waals surface area contributed by atoms with Gasteiger partial charge < -0.3 is 24.1 Å². The van der Waals surface area contributed by atoms with Crippen LogP contribution in [0.4, 0.5) is 0 Å². The van der Waals surface area contributed by atoms with Crippen molar-refractivity contribution in [2.45, 2.75) is 45.4 Å². The second kappa shape index (κ2) is 6.48. The average Bonchev–Trinajstić information content (AvgIpc) is 2.25. The minimum Gasteiger partial charge on any atom is -0.456 e. The molecule has 4 atom stereocenters. The van der Waals surface area contributed by atoms with E-state index in [9.17, 15) is 19.5 Å². The molecule has 8 nitrogen and oxygen atoms in total. The number of hydrogen-bond donors (Lipinski definition) is 1. The van der Waals surface area contributed by atoms with E-state index in [-0.39, 0.29) is 6.61 Å². The van der Waals surface area contributed by atoms with Crippen molar-refractivity contribution < 1.29 is 38.4 Å². The van der Waals surface area contributed by atoms with Gasteiger partial charge >= 0.3 is 17.9 Å². The maximum Gasteiger partial charge on any atom is 0.303 e. The first-order valence-electron chi connectivity index (χ1n) is 5.62. The van der Waals surface area contributed by atoms with Crippen LogP contribution in [0, 0.1) is 0 Å². The van der Waals surface area contributed by atoms with Crippen molar-refractivity contribution in [2.24, 2.45) is 0 Å². The van der Waals surface area contributed by atoms with E-state index in [1.165, 1.54) is 6.92 Å². The third-order valence-corrected chi connectivity index (χ3v) is 2.32. The number of esters is 3. The molecule has 1 aliphatic heterocycles. The van der Waals surface area contributed by atoms with Crippen molar-refractivity contribution in [3.63, 3.8) is 0 Å². The first-order chi connectivity index (χ1) is 8.81. The lowest BCUT2D eigenvalue weighted by molar-refractivity contribution is -0.267. The molecule has 108 valence electrons. The molecule has 0 aromatic carbocycles. The molecule has 0 spiro atoms. The Bertz CT molecular complexity index is 366. The molecule has 1 saturated heterocycles. The second-order valence-corrected chi connectivity index (χ2v) is 4.02. The van der Waals surface area contributed by atoms with Crippen LogP contribution in [0.1, 0.15) is 20.8 Å². The lowest BCUT2D eigenvalue weighted by Crippen LogP contribution is -2.57. The number of aliphatic hydroxyl groups excluding tert-OH is 1. The SMILES string of the molecule is CC(=O)O[C@H]1[C@@H](OC(C)=O)COC(O)[C@@H]1OC(C)=O. The Kier molecular flexibility index (Phi) is 5.25. The molecule has 0 aliphatic carbocycles. The smallest absolute Gasteiger partial charge is 0.303 e. The summed E-state index contributed by atoms with van der Waals surface area (Å²) in [5.41, 5.74) is 0. The minimum absolute atomic E-state index is 0.170. The van der Waals surface area contributed by atoms with Crippen LogP contribution < -0.4 is 0 Å². The molecular formula is C11H16O8. The molecule has 1 N–H and O–H groups in total. The molecule has 0 amide bonds. The number of rotatable bonds is 3. The van der Waals surface area contributed by atoms with Gasteiger partial charge in [-0.3, -0.25) is 14.4 Å². The van der Waals surface area contributed by atoms with Crippen LogP contribution in [-0.2, 0) is 33.3 Å². The lowest BCUT2D eigenvalue weighted by atomic mass is 10.0. The van der Waals surface area contributed by atoms with Crippen LogP contribution in [0.25, 0.3) is 0 Å². The zero-order chi connectivity index (χ0) is 14.6. The Balaban J connectivity index is 2.89. The predicted molar refractivity (Wildman–Crippen MR) is 58.6 cm³/mol. The number of carbonyl (C=O) groups excluding carboxylic acids is 3. The van der Waals surface area contributed by atoms with Gasteiger partial charge in [-0.05, 0) is 0 Å². The second-order valence-electron chi connectivity index (χ2n) is 4.02. The van der Waals surface area contributed by atoms with Crippen LogP contribution in [0.3, 0.4) is 0 Å². The molecule has 1 heterocycles. The summed E-state index contributed by atoms with van der Waals surface area (Å²) < 4.78 is 19.6. The maximum absolute atomic E-state index is 11.1. The monoisotopic (exact) mass is 276 g/mol. The summed E-state index contributed by atoms with van der Waals surface area (Å²) in [5, 5.41) is 9.62. The number of ether oxygens (including phenoxy) is 4. The van der Waals surface area contributed by atoms with Crippen molar-refractivity contribution in [1.29, 1.82) is 0 Å². The fourth-order valence-electron chi connectivity index (χ4n) is 1.72. The summed E-state index contributed by atoms with van der Waals surface area (Å²) in [6, 6.07) is 0. The Morgan fingerprint density at radius 3 is 1.89 bits per heavy atom. The molecule has 0 bridgehead atoms. The van der Waals surface area contributed by atoms with Crippen molar-refractivity contribution in [3.05, 3.63) is 0 Å². The standard InChI is InChI=1S/C11H16O8/c1-5(12)17-8-4-16-11(15)10(19-7(3)14)9(8)18-6(2)13/h8-11,15H,4H2,1-3H3/t8-,9-,10+,11?/m0/s1. The van der Waals surface area contributed by atoms with Gasteiger partial charge in [-0.25, -0.2) is 0 Å². The summed E-state index contributed by atoms with van der Waals surface area (Å²) in [6.45, 7) is 3.29. The average molecular weight is 276 g/mol. The summed E-state index contributed by atoms with van der Waals surface area (Å²) >= 11 is 0. The van der Waals surface area contributed by atoms with E-state index in [4.69, 9.17) is 18.9 Å². The van der Waals surface area contributed by atoms with Gasteiger partial charge in [0.2, 0.25) is 0 Å². The summed E-state index contributed by atoms with van der Waals surface area (Å²) in [4.78, 5) is 33.0. The number of aliphatic hydroxyl groups is 1. The van der Waals surface area contributed by atoms with Crippen LogP contribution in [0.2, 0.25) is 0 Å². The van der Waals surface area contributed by atoms with Gasteiger partial charge in [-0.15, -0.1) is 0 Å². The Morgan fingerprint density at radius 1 is 0.947 bits per heavy atom. The zero-order valence-electron chi connectivity index (χ0n) is 10.8. The first kappa shape index (κ1) is 15.4. The zero-order valence-corrected chi connectivity index (χ0v) is 10.8. The Morgan fingerprint density at radius 2 is 1.42 bits per heavy atom. The highest BCUT2D eigenvalue weighted by molar-refractivity contribution is 5.68. The van der Waals surface area contributed by atoms with Gasteiger partial charge in [0.15, 0.2) is 24.6 Å². The molecular weight excluding hydrogens is 260 g/mol. The molecule has 0 saturated carbocycles. The van der Waals surface area contributed by atoms with Gasteiger partial charge in [0.05, 0.1) is 6.61 Å². The van der Waals surface area contributed by atoms with E-state index >= 15 is 0 Å². The lowest BCUT2D eigenvalue weighted by Gasteiger charge is -2.38. The molecule has 0 radical (unpaired) electrons. The van der Waals surface area contributed by atoms with E-state index in [0.717, 1.165) is 13.8 Å². The molecule has 0 aromatic rings. The number of hydrogen-bond acceptors (Lipinski definition) is 8. The summed E-state index contributed by atoms with van der Waals surface area (Å²) in [5.74, 6) is -1.95. The van der Waals surface area contributed by atoms with Crippen molar-refractivity contribution in [3.8, 4) is 0 Å².